The van der Waals surface area contributed by atoms with Gasteiger partial charge in [0.15, 0.2) is 17.5 Å². The van der Waals surface area contributed by atoms with Crippen LogP contribution in [-0.2, 0) is 0 Å². The lowest BCUT2D eigenvalue weighted by Gasteiger charge is -2.36. The Morgan fingerprint density at radius 3 is 1.54 bits per heavy atom. The number of benzene rings is 7. The second-order valence-corrected chi connectivity index (χ2v) is 22.8. The summed E-state index contributed by atoms with van der Waals surface area (Å²) in [6, 6.07) is 44.5. The van der Waals surface area contributed by atoms with Crippen LogP contribution in [0.1, 0.15) is 68.4 Å². The Labute approximate surface area is 509 Å². The summed E-state index contributed by atoms with van der Waals surface area (Å²) >= 11 is 0. The van der Waals surface area contributed by atoms with Crippen molar-refractivity contribution in [2.24, 2.45) is 11.8 Å². The average molecular weight is 1170 g/mol. The highest BCUT2D eigenvalue weighted by Gasteiger charge is 2.24. The van der Waals surface area contributed by atoms with E-state index < -0.39 is 0 Å². The highest BCUT2D eigenvalue weighted by atomic mass is 16.5. The highest BCUT2D eigenvalue weighted by molar-refractivity contribution is 6.02. The number of amides is 6. The second-order valence-electron chi connectivity index (χ2n) is 22.8. The van der Waals surface area contributed by atoms with Crippen molar-refractivity contribution >= 4 is 73.9 Å². The van der Waals surface area contributed by atoms with Gasteiger partial charge in [0.2, 0.25) is 0 Å². The lowest BCUT2D eigenvalue weighted by atomic mass is 10.0. The molecule has 18 heteroatoms. The van der Waals surface area contributed by atoms with E-state index in [2.05, 4.69) is 191 Å². The van der Waals surface area contributed by atoms with Crippen LogP contribution in [0.25, 0.3) is 66.1 Å². The molecule has 4 heterocycles. The van der Waals surface area contributed by atoms with Crippen LogP contribution in [0.2, 0.25) is 0 Å². The maximum absolute atomic E-state index is 13.0. The van der Waals surface area contributed by atoms with Gasteiger partial charge in [-0.3, -0.25) is 31.2 Å². The van der Waals surface area contributed by atoms with E-state index in [0.717, 1.165) is 115 Å². The number of urea groups is 3. The van der Waals surface area contributed by atoms with Crippen LogP contribution in [0.4, 0.5) is 37.5 Å². The van der Waals surface area contributed by atoms with Gasteiger partial charge in [-0.1, -0.05) is 118 Å². The van der Waals surface area contributed by atoms with Gasteiger partial charge in [-0.2, -0.15) is 15.3 Å². The molecule has 0 saturated carbocycles. The Hall–Kier alpha value is -9.84. The van der Waals surface area contributed by atoms with Crippen LogP contribution in [0.5, 0.6) is 11.5 Å². The van der Waals surface area contributed by atoms with Crippen molar-refractivity contribution in [3.05, 3.63) is 161 Å². The molecule has 18 nitrogen and oxygen atoms in total. The van der Waals surface area contributed by atoms with E-state index in [0.29, 0.717) is 55.5 Å². The smallest absolute Gasteiger partial charge is 0.323 e. The summed E-state index contributed by atoms with van der Waals surface area (Å²) in [5, 5.41) is 38.9. The van der Waals surface area contributed by atoms with Crippen molar-refractivity contribution in [3.8, 4) is 44.9 Å². The number of ether oxygens (including phenoxy) is 2. The number of aromatic nitrogens is 6. The van der Waals surface area contributed by atoms with Crippen molar-refractivity contribution in [2.75, 3.05) is 74.3 Å². The second kappa shape index (κ2) is 28.4. The predicted octanol–water partition coefficient (Wildman–Crippen LogP) is 14.9. The van der Waals surface area contributed by atoms with E-state index in [1.165, 1.54) is 22.4 Å². The van der Waals surface area contributed by atoms with E-state index in [9.17, 15) is 14.4 Å². The third-order valence-electron chi connectivity index (χ3n) is 15.9. The van der Waals surface area contributed by atoms with Gasteiger partial charge >= 0.3 is 18.1 Å². The summed E-state index contributed by atoms with van der Waals surface area (Å²) in [6.07, 6.45) is 1.98. The zero-order chi connectivity index (χ0) is 61.7. The summed E-state index contributed by atoms with van der Waals surface area (Å²) in [5.74, 6) is 4.27. The first-order chi connectivity index (χ1) is 42.0. The Morgan fingerprint density at radius 2 is 1.02 bits per heavy atom. The fourth-order valence-electron chi connectivity index (χ4n) is 10.4. The van der Waals surface area contributed by atoms with Crippen LogP contribution in [-0.4, -0.2) is 107 Å². The number of aryl methyl sites for hydroxylation is 4. The molecule has 8 N–H and O–H groups in total. The number of anilines is 4. The molecule has 0 aliphatic carbocycles. The minimum atomic E-state index is -0.242. The van der Waals surface area contributed by atoms with Crippen LogP contribution < -0.4 is 41.0 Å². The lowest BCUT2D eigenvalue weighted by molar-refractivity contribution is 0.208. The van der Waals surface area contributed by atoms with E-state index >= 15 is 0 Å². The van der Waals surface area contributed by atoms with Gasteiger partial charge in [0.1, 0.15) is 11.5 Å². The molecular formula is C69H81N13O5. The first kappa shape index (κ1) is 61.7. The normalized spacial score (nSPS) is 12.5. The Bertz CT molecular complexity index is 4020. The van der Waals surface area contributed by atoms with E-state index in [4.69, 9.17) is 9.47 Å². The van der Waals surface area contributed by atoms with Gasteiger partial charge in [0.05, 0.1) is 30.8 Å². The number of nitrogens with one attached hydrogen (secondary N) is 8. The molecule has 1 unspecified atom stereocenters. The van der Waals surface area contributed by atoms with Crippen molar-refractivity contribution in [1.29, 1.82) is 0 Å². The number of methoxy groups -OCH3 is 2. The zero-order valence-electron chi connectivity index (χ0n) is 51.8. The highest BCUT2D eigenvalue weighted by Crippen LogP contribution is 2.36. The molecule has 7 aromatic carbocycles. The van der Waals surface area contributed by atoms with Crippen molar-refractivity contribution < 1.29 is 23.9 Å². The number of carbonyl (C=O) groups is 3. The van der Waals surface area contributed by atoms with Crippen molar-refractivity contribution in [3.63, 3.8) is 0 Å². The summed E-state index contributed by atoms with van der Waals surface area (Å²) in [7, 11) is 3.35. The molecule has 6 amide bonds. The minimum Gasteiger partial charge on any atom is -0.496 e. The predicted molar refractivity (Wildman–Crippen MR) is 354 cm³/mol. The first-order valence-corrected chi connectivity index (χ1v) is 29.8. The Kier molecular flexibility index (Phi) is 20.1. The zero-order valence-corrected chi connectivity index (χ0v) is 51.8. The maximum Gasteiger partial charge on any atom is 0.323 e. The molecule has 0 radical (unpaired) electrons. The van der Waals surface area contributed by atoms with Crippen LogP contribution in [0, 0.1) is 46.5 Å². The number of hydrogen-bond donors (Lipinski definition) is 8. The molecule has 452 valence electrons. The molecule has 1 atom stereocenters. The minimum absolute atomic E-state index is 0.122. The lowest BCUT2D eigenvalue weighted by Crippen LogP contribution is -2.50. The third kappa shape index (κ3) is 15.4. The maximum atomic E-state index is 13.0. The molecule has 1 aliphatic rings. The van der Waals surface area contributed by atoms with Gasteiger partial charge < -0.3 is 29.9 Å². The molecular weight excluding hydrogens is 1090 g/mol. The molecule has 1 aliphatic heterocycles. The summed E-state index contributed by atoms with van der Waals surface area (Å²) < 4.78 is 11.0. The summed E-state index contributed by atoms with van der Waals surface area (Å²) in [5.41, 5.74) is 16.4. The quantitative estimate of drug-likeness (QED) is 0.0488. The number of carbonyl (C=O) groups excluding carboxylic acids is 3. The standard InChI is InChI=1S/C28H31N5O2.C21H26N4O2.C20H24N4O/c1-18-8-11-26(35-4)23(16-18)21-9-10-22-24(17-21)30-31-27(22)29-28(34)33-14-12-32(13-15-33)25-7-5-6-19(2)20(25)3;1-13(2)9-10-22-21(26)23-20-16-7-6-15(12-18(16)24-25-20)17-11-14(3)5-8-19(17)27-4;1-4-13(2)12-21-20(25)22-19-17-9-8-16(11-18(17)23-24-19)15-7-5-6-14(3)10-15/h5-11,16-17H,12-15H2,1-4H3,(H2,29,30,31,34);5-8,11-13H,9-10H2,1-4H3,(H3,22,23,24,25,26);5-11,13H,4,12H2,1-3H3,(H3,21,22,23,24,25). The molecule has 1 fully saturated rings. The van der Waals surface area contributed by atoms with E-state index in [-0.39, 0.29) is 18.1 Å². The summed E-state index contributed by atoms with van der Waals surface area (Å²) in [4.78, 5) is 41.3. The molecule has 10 aromatic rings. The number of H-pyrrole nitrogens is 3. The van der Waals surface area contributed by atoms with Gasteiger partial charge in [-0.05, 0) is 153 Å². The number of aromatic amines is 3. The number of rotatable bonds is 15. The molecule has 3 aromatic heterocycles. The Morgan fingerprint density at radius 1 is 0.540 bits per heavy atom. The molecule has 0 spiro atoms. The third-order valence-corrected chi connectivity index (χ3v) is 15.9. The fourth-order valence-corrected chi connectivity index (χ4v) is 10.4. The van der Waals surface area contributed by atoms with Crippen LogP contribution in [0.3, 0.4) is 0 Å². The number of hydrogen-bond acceptors (Lipinski definition) is 9. The van der Waals surface area contributed by atoms with Gasteiger partial charge in [-0.25, -0.2) is 14.4 Å². The fraction of sp³-hybridized carbons (Fsp3) is 0.304. The van der Waals surface area contributed by atoms with E-state index in [1.807, 2.05) is 71.6 Å². The number of piperazine rings is 1. The topological polar surface area (TPSA) is 222 Å². The van der Waals surface area contributed by atoms with Gasteiger partial charge in [0.25, 0.3) is 0 Å². The molecule has 87 heavy (non-hydrogen) atoms. The van der Waals surface area contributed by atoms with E-state index in [1.54, 1.807) is 14.2 Å². The van der Waals surface area contributed by atoms with Gasteiger partial charge in [0, 0.05) is 72.2 Å². The molecule has 0 bridgehead atoms. The van der Waals surface area contributed by atoms with Crippen LogP contribution in [0.15, 0.2) is 133 Å². The number of nitrogens with zero attached hydrogens (tertiary/aromatic N) is 5. The average Bonchev–Trinajstić information content (AvgIpc) is 3.03. The first-order valence-electron chi connectivity index (χ1n) is 29.8. The Balaban J connectivity index is 0.000000159. The SMILES string of the molecule is CCC(C)CNC(=O)Nc1n[nH]c2cc(-c3cccc(C)c3)ccc12.COc1ccc(C)cc1-c1ccc2c(NC(=O)N3CCN(c4cccc(C)c4C)CC3)n[nH]c2c1.COc1ccc(C)cc1-c1ccc2c(NC(=O)NCCC(C)C)n[nH]c2c1. The molecule has 1 saturated heterocycles. The molecule has 11 rings (SSSR count). The van der Waals surface area contributed by atoms with Crippen LogP contribution >= 0.6 is 0 Å². The largest absolute Gasteiger partial charge is 0.496 e. The number of fused-ring (bicyclic) bond motifs is 3. The summed E-state index contributed by atoms with van der Waals surface area (Å²) in [6.45, 7) is 23.2. The van der Waals surface area contributed by atoms with Crippen molar-refractivity contribution in [1.82, 2.24) is 46.1 Å². The van der Waals surface area contributed by atoms with Crippen molar-refractivity contribution in [2.45, 2.75) is 75.2 Å². The monoisotopic (exact) mass is 1170 g/mol. The van der Waals surface area contributed by atoms with Gasteiger partial charge in [-0.15, -0.1) is 0 Å².